The number of anilines is 1. The van der Waals surface area contributed by atoms with Crippen LogP contribution in [0.4, 0.5) is 5.82 Å². The number of nitrogens with zero attached hydrogens (tertiary/aromatic N) is 2. The van der Waals surface area contributed by atoms with Crippen molar-refractivity contribution in [3.63, 3.8) is 0 Å². The Hall–Kier alpha value is -1.52. The van der Waals surface area contributed by atoms with E-state index in [9.17, 15) is 4.79 Å². The van der Waals surface area contributed by atoms with Crippen molar-refractivity contribution in [1.82, 2.24) is 9.78 Å². The molecule has 1 heterocycles. The third kappa shape index (κ3) is 1.70. The molecule has 0 bridgehead atoms. The summed E-state index contributed by atoms with van der Waals surface area (Å²) in [4.78, 5) is 10.7. The lowest BCUT2D eigenvalue weighted by atomic mass is 10.6. The second-order valence-corrected chi connectivity index (χ2v) is 1.99. The Labute approximate surface area is 63.7 Å². The third-order valence-corrected chi connectivity index (χ3v) is 1.26. The van der Waals surface area contributed by atoms with Gasteiger partial charge in [-0.05, 0) is 6.07 Å². The van der Waals surface area contributed by atoms with Crippen LogP contribution in [0.3, 0.4) is 0 Å². The van der Waals surface area contributed by atoms with E-state index in [1.165, 1.54) is 18.0 Å². The summed E-state index contributed by atoms with van der Waals surface area (Å²) in [5, 5.41) is 3.79. The van der Waals surface area contributed by atoms with E-state index in [1.807, 2.05) is 0 Å². The number of esters is 1. The number of nitrogen functional groups attached to an aromatic ring is 1. The Morgan fingerprint density at radius 2 is 2.64 bits per heavy atom. The molecule has 0 aromatic carbocycles. The van der Waals surface area contributed by atoms with Gasteiger partial charge in [0.1, 0.15) is 12.4 Å². The van der Waals surface area contributed by atoms with Crippen molar-refractivity contribution in [1.29, 1.82) is 0 Å². The highest BCUT2D eigenvalue weighted by molar-refractivity contribution is 5.69. The molecule has 1 rings (SSSR count). The normalized spacial score (nSPS) is 9.55. The molecule has 0 atom stereocenters. The summed E-state index contributed by atoms with van der Waals surface area (Å²) in [6.45, 7) is 0.0648. The molecule has 0 amide bonds. The molecule has 1 aromatic heterocycles. The van der Waals surface area contributed by atoms with Crippen LogP contribution in [0.2, 0.25) is 0 Å². The van der Waals surface area contributed by atoms with E-state index in [-0.39, 0.29) is 12.5 Å². The first-order valence-electron chi connectivity index (χ1n) is 3.08. The fourth-order valence-electron chi connectivity index (χ4n) is 0.662. The minimum absolute atomic E-state index is 0.0648. The van der Waals surface area contributed by atoms with Crippen LogP contribution >= 0.6 is 0 Å². The Morgan fingerprint density at radius 1 is 1.91 bits per heavy atom. The van der Waals surface area contributed by atoms with Gasteiger partial charge in [0.25, 0.3) is 0 Å². The molecular formula is C6H9N3O2. The van der Waals surface area contributed by atoms with Gasteiger partial charge in [-0.15, -0.1) is 0 Å². The van der Waals surface area contributed by atoms with Gasteiger partial charge in [-0.3, -0.25) is 4.79 Å². The van der Waals surface area contributed by atoms with E-state index < -0.39 is 0 Å². The van der Waals surface area contributed by atoms with Crippen LogP contribution in [0.5, 0.6) is 0 Å². The Morgan fingerprint density at radius 3 is 3.09 bits per heavy atom. The molecule has 0 spiro atoms. The number of rotatable bonds is 2. The van der Waals surface area contributed by atoms with Gasteiger partial charge >= 0.3 is 5.97 Å². The second-order valence-electron chi connectivity index (χ2n) is 1.99. The molecule has 0 aliphatic carbocycles. The highest BCUT2D eigenvalue weighted by Gasteiger charge is 2.03. The van der Waals surface area contributed by atoms with E-state index in [0.717, 1.165) is 0 Å². The largest absolute Gasteiger partial charge is 0.468 e. The maximum absolute atomic E-state index is 10.7. The second kappa shape index (κ2) is 3.05. The highest BCUT2D eigenvalue weighted by Crippen LogP contribution is 1.98. The summed E-state index contributed by atoms with van der Waals surface area (Å²) < 4.78 is 5.79. The number of hydrogen-bond acceptors (Lipinski definition) is 4. The van der Waals surface area contributed by atoms with Gasteiger partial charge in [-0.1, -0.05) is 0 Å². The number of methoxy groups -OCH3 is 1. The van der Waals surface area contributed by atoms with E-state index >= 15 is 0 Å². The molecule has 0 radical (unpaired) electrons. The zero-order valence-electron chi connectivity index (χ0n) is 6.15. The zero-order valence-corrected chi connectivity index (χ0v) is 6.15. The van der Waals surface area contributed by atoms with E-state index in [2.05, 4.69) is 9.84 Å². The molecule has 0 saturated carbocycles. The van der Waals surface area contributed by atoms with Crippen molar-refractivity contribution < 1.29 is 9.53 Å². The number of nitrogens with two attached hydrogens (primary N) is 1. The Balaban J connectivity index is 2.64. The predicted molar refractivity (Wildman–Crippen MR) is 38.7 cm³/mol. The zero-order chi connectivity index (χ0) is 8.27. The first kappa shape index (κ1) is 7.59. The van der Waals surface area contributed by atoms with Gasteiger partial charge < -0.3 is 10.5 Å². The molecule has 1 aromatic rings. The SMILES string of the molecule is COC(=O)Cn1nccc1N. The molecule has 60 valence electrons. The molecule has 11 heavy (non-hydrogen) atoms. The van der Waals surface area contributed by atoms with Crippen LogP contribution in [0.25, 0.3) is 0 Å². The monoisotopic (exact) mass is 155 g/mol. The summed E-state index contributed by atoms with van der Waals surface area (Å²) in [7, 11) is 1.32. The lowest BCUT2D eigenvalue weighted by molar-refractivity contribution is -0.141. The number of hydrogen-bond donors (Lipinski definition) is 1. The number of ether oxygens (including phenoxy) is 1. The lowest BCUT2D eigenvalue weighted by Gasteiger charge is -2.00. The van der Waals surface area contributed by atoms with E-state index in [1.54, 1.807) is 6.07 Å². The fourth-order valence-corrected chi connectivity index (χ4v) is 0.662. The molecule has 0 unspecified atom stereocenters. The number of aromatic nitrogens is 2. The Bertz CT molecular complexity index is 256. The standard InChI is InChI=1S/C6H9N3O2/c1-11-6(10)4-9-5(7)2-3-8-9/h2-3H,4,7H2,1H3. The van der Waals surface area contributed by atoms with Gasteiger partial charge in [-0.25, -0.2) is 4.68 Å². The third-order valence-electron chi connectivity index (χ3n) is 1.26. The smallest absolute Gasteiger partial charge is 0.327 e. The first-order valence-corrected chi connectivity index (χ1v) is 3.08. The number of carbonyl (C=O) groups excluding carboxylic acids is 1. The van der Waals surface area contributed by atoms with E-state index in [0.29, 0.717) is 5.82 Å². The Kier molecular flexibility index (Phi) is 2.10. The summed E-state index contributed by atoms with van der Waals surface area (Å²) in [6, 6.07) is 1.61. The summed E-state index contributed by atoms with van der Waals surface area (Å²) in [5.74, 6) is 0.0933. The summed E-state index contributed by atoms with van der Waals surface area (Å²) in [5.41, 5.74) is 5.44. The van der Waals surface area contributed by atoms with Gasteiger partial charge in [0, 0.05) is 0 Å². The molecular weight excluding hydrogens is 146 g/mol. The van der Waals surface area contributed by atoms with Gasteiger partial charge in [-0.2, -0.15) is 5.10 Å². The van der Waals surface area contributed by atoms with Crippen LogP contribution in [0.1, 0.15) is 0 Å². The van der Waals surface area contributed by atoms with Crippen molar-refractivity contribution >= 4 is 11.8 Å². The van der Waals surface area contributed by atoms with Gasteiger partial charge in [0.2, 0.25) is 0 Å². The quantitative estimate of drug-likeness (QED) is 0.592. The van der Waals surface area contributed by atoms with Crippen LogP contribution < -0.4 is 5.73 Å². The maximum Gasteiger partial charge on any atom is 0.327 e. The minimum Gasteiger partial charge on any atom is -0.468 e. The van der Waals surface area contributed by atoms with Crippen molar-refractivity contribution in [3.8, 4) is 0 Å². The molecule has 0 aliphatic rings. The summed E-state index contributed by atoms with van der Waals surface area (Å²) >= 11 is 0. The van der Waals surface area contributed by atoms with Gasteiger partial charge in [0.05, 0.1) is 13.3 Å². The molecule has 5 heteroatoms. The van der Waals surface area contributed by atoms with Crippen LogP contribution in [0.15, 0.2) is 12.3 Å². The average Bonchev–Trinajstić information content (AvgIpc) is 2.37. The topological polar surface area (TPSA) is 70.1 Å². The molecule has 0 fully saturated rings. The molecule has 2 N–H and O–H groups in total. The molecule has 5 nitrogen and oxygen atoms in total. The van der Waals surface area contributed by atoms with Crippen LogP contribution in [-0.2, 0) is 16.1 Å². The van der Waals surface area contributed by atoms with Crippen molar-refractivity contribution in [2.45, 2.75) is 6.54 Å². The number of carbonyl (C=O) groups is 1. The first-order chi connectivity index (χ1) is 5.24. The van der Waals surface area contributed by atoms with Gasteiger partial charge in [0.15, 0.2) is 0 Å². The minimum atomic E-state index is -0.361. The molecule has 0 aliphatic heterocycles. The van der Waals surface area contributed by atoms with E-state index in [4.69, 9.17) is 5.73 Å². The molecule has 0 saturated heterocycles. The van der Waals surface area contributed by atoms with Crippen LogP contribution in [-0.4, -0.2) is 22.9 Å². The lowest BCUT2D eigenvalue weighted by Crippen LogP contribution is -2.14. The highest BCUT2D eigenvalue weighted by atomic mass is 16.5. The van der Waals surface area contributed by atoms with Crippen molar-refractivity contribution in [3.05, 3.63) is 12.3 Å². The fraction of sp³-hybridized carbons (Fsp3) is 0.333. The average molecular weight is 155 g/mol. The van der Waals surface area contributed by atoms with Crippen molar-refractivity contribution in [2.24, 2.45) is 0 Å². The van der Waals surface area contributed by atoms with Crippen molar-refractivity contribution in [2.75, 3.05) is 12.8 Å². The predicted octanol–water partition coefficient (Wildman–Crippen LogP) is -0.362. The summed E-state index contributed by atoms with van der Waals surface area (Å²) in [6.07, 6.45) is 1.53. The maximum atomic E-state index is 10.7. The van der Waals surface area contributed by atoms with Crippen LogP contribution in [0, 0.1) is 0 Å².